The molecule has 4 rings (SSSR count). The molecule has 6 nitrogen and oxygen atoms in total. The van der Waals surface area contributed by atoms with Gasteiger partial charge >= 0.3 is 0 Å². The summed E-state index contributed by atoms with van der Waals surface area (Å²) in [7, 11) is 0. The number of benzene rings is 1. The highest BCUT2D eigenvalue weighted by molar-refractivity contribution is 5.93. The summed E-state index contributed by atoms with van der Waals surface area (Å²) in [6, 6.07) is 9.41. The molecule has 2 aliphatic rings. The maximum atomic E-state index is 13.3. The Morgan fingerprint density at radius 2 is 1.76 bits per heavy atom. The predicted molar refractivity (Wildman–Crippen MR) is 135 cm³/mol. The van der Waals surface area contributed by atoms with Gasteiger partial charge in [0.25, 0.3) is 5.91 Å². The molecular formula is C28H40N4O2. The number of carbonyl (C=O) groups excluding carboxylic acids is 1. The second kappa shape index (κ2) is 10.5. The minimum absolute atomic E-state index is 0.0458. The van der Waals surface area contributed by atoms with Gasteiger partial charge in [0.1, 0.15) is 12.0 Å². The van der Waals surface area contributed by atoms with Crippen LogP contribution >= 0.6 is 0 Å². The third-order valence-corrected chi connectivity index (χ3v) is 7.40. The summed E-state index contributed by atoms with van der Waals surface area (Å²) in [6.45, 7) is 15.2. The van der Waals surface area contributed by atoms with Gasteiger partial charge in [0.05, 0.1) is 12.7 Å². The van der Waals surface area contributed by atoms with E-state index in [2.05, 4.69) is 66.8 Å². The van der Waals surface area contributed by atoms with E-state index in [4.69, 9.17) is 4.74 Å². The molecule has 1 amide bonds. The van der Waals surface area contributed by atoms with Crippen LogP contribution in [0.25, 0.3) is 0 Å². The minimum Gasteiger partial charge on any atom is -0.376 e. The molecule has 1 aromatic heterocycles. The van der Waals surface area contributed by atoms with Crippen LogP contribution in [0.2, 0.25) is 0 Å². The van der Waals surface area contributed by atoms with Crippen LogP contribution in [0, 0.1) is 6.92 Å². The molecular weight excluding hydrogens is 424 g/mol. The van der Waals surface area contributed by atoms with Crippen molar-refractivity contribution in [3.05, 3.63) is 58.7 Å². The zero-order chi connectivity index (χ0) is 24.3. The number of ether oxygens (including phenoxy) is 1. The van der Waals surface area contributed by atoms with Gasteiger partial charge in [-0.3, -0.25) is 9.69 Å². The highest BCUT2D eigenvalue weighted by atomic mass is 16.5. The fourth-order valence-electron chi connectivity index (χ4n) is 5.15. The lowest BCUT2D eigenvalue weighted by Crippen LogP contribution is -2.51. The Morgan fingerprint density at radius 3 is 2.41 bits per heavy atom. The first-order valence-electron chi connectivity index (χ1n) is 12.8. The zero-order valence-corrected chi connectivity index (χ0v) is 21.5. The third-order valence-electron chi connectivity index (χ3n) is 7.40. The van der Waals surface area contributed by atoms with Gasteiger partial charge in [-0.1, -0.05) is 45.0 Å². The smallest absolute Gasteiger partial charge is 0.272 e. The molecule has 2 saturated heterocycles. The van der Waals surface area contributed by atoms with Gasteiger partial charge in [-0.2, -0.15) is 0 Å². The van der Waals surface area contributed by atoms with E-state index in [1.165, 1.54) is 11.1 Å². The number of hydrogen-bond donors (Lipinski definition) is 0. The number of hydrogen-bond acceptors (Lipinski definition) is 5. The summed E-state index contributed by atoms with van der Waals surface area (Å²) >= 11 is 0. The van der Waals surface area contributed by atoms with Gasteiger partial charge in [0, 0.05) is 43.5 Å². The number of morpholine rings is 1. The van der Waals surface area contributed by atoms with Gasteiger partial charge in [-0.05, 0) is 56.1 Å². The molecule has 0 saturated carbocycles. The molecule has 0 radical (unpaired) electrons. The largest absolute Gasteiger partial charge is 0.376 e. The maximum Gasteiger partial charge on any atom is 0.272 e. The Labute approximate surface area is 204 Å². The van der Waals surface area contributed by atoms with Gasteiger partial charge in [-0.25, -0.2) is 9.97 Å². The highest BCUT2D eigenvalue weighted by Crippen LogP contribution is 2.24. The van der Waals surface area contributed by atoms with Crippen molar-refractivity contribution < 1.29 is 9.53 Å². The van der Waals surface area contributed by atoms with Crippen molar-refractivity contribution in [2.75, 3.05) is 32.8 Å². The molecule has 3 heterocycles. The van der Waals surface area contributed by atoms with E-state index in [9.17, 15) is 4.79 Å². The number of aryl methyl sites for hydroxylation is 2. The Morgan fingerprint density at radius 1 is 1.06 bits per heavy atom. The lowest BCUT2D eigenvalue weighted by Gasteiger charge is -2.41. The van der Waals surface area contributed by atoms with Gasteiger partial charge in [0.15, 0.2) is 0 Å². The van der Waals surface area contributed by atoms with Gasteiger partial charge < -0.3 is 9.64 Å². The quantitative estimate of drug-likeness (QED) is 0.664. The molecule has 0 N–H and O–H groups in total. The van der Waals surface area contributed by atoms with E-state index in [-0.39, 0.29) is 11.3 Å². The fourth-order valence-corrected chi connectivity index (χ4v) is 5.15. The van der Waals surface area contributed by atoms with Crippen LogP contribution in [0.15, 0.2) is 30.6 Å². The van der Waals surface area contributed by atoms with Crippen LogP contribution in [-0.4, -0.2) is 70.6 Å². The van der Waals surface area contributed by atoms with Crippen molar-refractivity contribution in [3.8, 4) is 0 Å². The molecule has 0 bridgehead atoms. The van der Waals surface area contributed by atoms with E-state index in [0.717, 1.165) is 69.7 Å². The topological polar surface area (TPSA) is 58.6 Å². The molecule has 1 aromatic carbocycles. The molecule has 0 spiro atoms. The van der Waals surface area contributed by atoms with E-state index < -0.39 is 0 Å². The lowest BCUT2D eigenvalue weighted by molar-refractivity contribution is -0.0424. The summed E-state index contributed by atoms with van der Waals surface area (Å²) in [4.78, 5) is 26.7. The summed E-state index contributed by atoms with van der Waals surface area (Å²) in [5.41, 5.74) is 5.24. The predicted octanol–water partition coefficient (Wildman–Crippen LogP) is 4.19. The number of aromatic nitrogens is 2. The Balaban J connectivity index is 1.35. The monoisotopic (exact) mass is 464 g/mol. The number of likely N-dealkylation sites (tertiary alicyclic amines) is 1. The van der Waals surface area contributed by atoms with Crippen molar-refractivity contribution in [2.24, 2.45) is 0 Å². The normalized spacial score (nSPS) is 20.5. The van der Waals surface area contributed by atoms with Crippen molar-refractivity contribution in [3.63, 3.8) is 0 Å². The highest BCUT2D eigenvalue weighted by Gasteiger charge is 2.30. The standard InChI is InChI=1S/C28H40N4O2/c1-20-18-32(16-17-34-20)24-12-14-31(15-13-24)27(33)26-21(2)25(29-19-30-26)11-8-22-6-9-23(10-7-22)28(3,4)5/h6-7,9-10,19-20,24H,8,11-18H2,1-5H3. The molecule has 2 aromatic rings. The van der Waals surface area contributed by atoms with Gasteiger partial charge in [0.2, 0.25) is 0 Å². The van der Waals surface area contributed by atoms with E-state index in [1.54, 1.807) is 6.33 Å². The molecule has 6 heteroatoms. The first-order valence-corrected chi connectivity index (χ1v) is 12.8. The number of carbonyl (C=O) groups is 1. The molecule has 2 fully saturated rings. The van der Waals surface area contributed by atoms with Gasteiger partial charge in [-0.15, -0.1) is 0 Å². The molecule has 0 aliphatic carbocycles. The summed E-state index contributed by atoms with van der Waals surface area (Å²) < 4.78 is 5.69. The van der Waals surface area contributed by atoms with E-state index >= 15 is 0 Å². The first-order chi connectivity index (χ1) is 16.2. The minimum atomic E-state index is 0.0458. The summed E-state index contributed by atoms with van der Waals surface area (Å²) in [6.07, 6.45) is 5.59. The van der Waals surface area contributed by atoms with Crippen LogP contribution in [0.5, 0.6) is 0 Å². The average molecular weight is 465 g/mol. The van der Waals surface area contributed by atoms with Crippen molar-refractivity contribution in [2.45, 2.75) is 77.9 Å². The van der Waals surface area contributed by atoms with E-state index in [1.807, 2.05) is 11.8 Å². The van der Waals surface area contributed by atoms with Crippen LogP contribution in [0.1, 0.15) is 73.4 Å². The number of nitrogens with zero attached hydrogens (tertiary/aromatic N) is 4. The molecule has 34 heavy (non-hydrogen) atoms. The Hall–Kier alpha value is -2.31. The number of amides is 1. The van der Waals surface area contributed by atoms with Crippen molar-refractivity contribution >= 4 is 5.91 Å². The van der Waals surface area contributed by atoms with Crippen molar-refractivity contribution in [1.82, 2.24) is 19.8 Å². The van der Waals surface area contributed by atoms with Crippen LogP contribution < -0.4 is 0 Å². The van der Waals surface area contributed by atoms with Crippen LogP contribution in [-0.2, 0) is 23.0 Å². The number of piperidine rings is 1. The fraction of sp³-hybridized carbons (Fsp3) is 0.607. The van der Waals surface area contributed by atoms with Crippen molar-refractivity contribution in [1.29, 1.82) is 0 Å². The average Bonchev–Trinajstić information content (AvgIpc) is 2.83. The SMILES string of the molecule is Cc1c(CCc2ccc(C(C)(C)C)cc2)ncnc1C(=O)N1CCC(N2CCOC(C)C2)CC1. The Kier molecular flexibility index (Phi) is 7.68. The lowest BCUT2D eigenvalue weighted by atomic mass is 9.86. The second-order valence-electron chi connectivity index (χ2n) is 10.9. The summed E-state index contributed by atoms with van der Waals surface area (Å²) in [5, 5.41) is 0. The van der Waals surface area contributed by atoms with Crippen LogP contribution in [0.4, 0.5) is 0 Å². The Bertz CT molecular complexity index is 975. The first kappa shape index (κ1) is 24.8. The maximum absolute atomic E-state index is 13.3. The zero-order valence-electron chi connectivity index (χ0n) is 21.5. The number of rotatable bonds is 5. The van der Waals surface area contributed by atoms with E-state index in [0.29, 0.717) is 17.8 Å². The third kappa shape index (κ3) is 5.84. The molecule has 184 valence electrons. The second-order valence-corrected chi connectivity index (χ2v) is 10.9. The molecule has 1 unspecified atom stereocenters. The molecule has 2 aliphatic heterocycles. The van der Waals surface area contributed by atoms with Crippen LogP contribution in [0.3, 0.4) is 0 Å². The summed E-state index contributed by atoms with van der Waals surface area (Å²) in [5.74, 6) is 0.0458. The molecule has 1 atom stereocenters.